The highest BCUT2D eigenvalue weighted by atomic mass is 16.5. The number of ether oxygens (including phenoxy) is 2. The minimum absolute atomic E-state index is 0.0413. The summed E-state index contributed by atoms with van der Waals surface area (Å²) >= 11 is 0. The minimum Gasteiger partial charge on any atom is -0.378 e. The van der Waals surface area contributed by atoms with Crippen LogP contribution >= 0.6 is 0 Å². The van der Waals surface area contributed by atoms with Gasteiger partial charge in [-0.25, -0.2) is 0 Å². The van der Waals surface area contributed by atoms with E-state index in [9.17, 15) is 0 Å². The molecule has 2 fully saturated rings. The second-order valence-corrected chi connectivity index (χ2v) is 6.63. The summed E-state index contributed by atoms with van der Waals surface area (Å²) in [6.07, 6.45) is 5.98. The van der Waals surface area contributed by atoms with Crippen molar-refractivity contribution in [2.24, 2.45) is 5.41 Å². The Hall–Kier alpha value is -0.120. The van der Waals surface area contributed by atoms with E-state index in [0.717, 1.165) is 39.2 Å². The van der Waals surface area contributed by atoms with Crippen molar-refractivity contribution in [3.63, 3.8) is 0 Å². The zero-order valence-electron chi connectivity index (χ0n) is 12.3. The van der Waals surface area contributed by atoms with Crippen LogP contribution in [0.1, 0.15) is 52.9 Å². The Labute approximate surface area is 112 Å². The van der Waals surface area contributed by atoms with Crippen LogP contribution in [-0.4, -0.2) is 38.0 Å². The van der Waals surface area contributed by atoms with Gasteiger partial charge in [-0.05, 0) is 31.1 Å². The maximum atomic E-state index is 6.13. The van der Waals surface area contributed by atoms with Crippen molar-refractivity contribution in [1.82, 2.24) is 5.32 Å². The molecule has 0 aromatic carbocycles. The predicted octanol–water partition coefficient (Wildman–Crippen LogP) is 2.74. The van der Waals surface area contributed by atoms with Crippen LogP contribution in [0.25, 0.3) is 0 Å². The van der Waals surface area contributed by atoms with Gasteiger partial charge < -0.3 is 14.8 Å². The molecule has 2 heterocycles. The highest BCUT2D eigenvalue weighted by Gasteiger charge is 2.43. The second-order valence-electron chi connectivity index (χ2n) is 6.63. The molecular formula is C15H29NO2. The van der Waals surface area contributed by atoms with Crippen LogP contribution in [0.2, 0.25) is 0 Å². The first kappa shape index (κ1) is 14.3. The van der Waals surface area contributed by atoms with Gasteiger partial charge in [0.15, 0.2) is 0 Å². The third kappa shape index (κ3) is 3.25. The van der Waals surface area contributed by atoms with Gasteiger partial charge in [0.2, 0.25) is 0 Å². The molecule has 106 valence electrons. The van der Waals surface area contributed by atoms with Crippen molar-refractivity contribution in [2.45, 2.75) is 64.5 Å². The number of morpholine rings is 1. The first-order valence-electron chi connectivity index (χ1n) is 7.53. The van der Waals surface area contributed by atoms with Gasteiger partial charge in [-0.2, -0.15) is 0 Å². The average molecular weight is 255 g/mol. The monoisotopic (exact) mass is 255 g/mol. The third-order valence-electron chi connectivity index (χ3n) is 4.82. The standard InChI is InChI=1S/C15H29NO2/c1-4-14(2,3)8-6-13-15(18-11-9-16-13)7-5-10-17-12-15/h13,16H,4-12H2,1-3H3. The van der Waals surface area contributed by atoms with E-state index >= 15 is 0 Å². The molecule has 0 saturated carbocycles. The summed E-state index contributed by atoms with van der Waals surface area (Å²) in [4.78, 5) is 0. The molecule has 2 rings (SSSR count). The van der Waals surface area contributed by atoms with Crippen LogP contribution in [0.5, 0.6) is 0 Å². The zero-order valence-corrected chi connectivity index (χ0v) is 12.3. The molecule has 1 spiro atoms. The number of hydrogen-bond donors (Lipinski definition) is 1. The van der Waals surface area contributed by atoms with Crippen LogP contribution in [0.4, 0.5) is 0 Å². The fourth-order valence-electron chi connectivity index (χ4n) is 3.03. The predicted molar refractivity (Wildman–Crippen MR) is 73.8 cm³/mol. The lowest BCUT2D eigenvalue weighted by molar-refractivity contribution is -0.165. The van der Waals surface area contributed by atoms with Gasteiger partial charge in [0, 0.05) is 19.2 Å². The van der Waals surface area contributed by atoms with Crippen molar-refractivity contribution in [3.8, 4) is 0 Å². The number of rotatable bonds is 4. The first-order chi connectivity index (χ1) is 8.58. The third-order valence-corrected chi connectivity index (χ3v) is 4.82. The normalized spacial score (nSPS) is 33.8. The van der Waals surface area contributed by atoms with Crippen molar-refractivity contribution in [3.05, 3.63) is 0 Å². The molecule has 0 aromatic rings. The van der Waals surface area contributed by atoms with Gasteiger partial charge in [-0.15, -0.1) is 0 Å². The molecule has 3 nitrogen and oxygen atoms in total. The Morgan fingerprint density at radius 2 is 2.17 bits per heavy atom. The molecule has 0 amide bonds. The Kier molecular flexibility index (Phi) is 4.68. The van der Waals surface area contributed by atoms with E-state index in [1.165, 1.54) is 19.3 Å². The summed E-state index contributed by atoms with van der Waals surface area (Å²) in [6.45, 7) is 10.5. The van der Waals surface area contributed by atoms with E-state index in [1.54, 1.807) is 0 Å². The molecule has 1 N–H and O–H groups in total. The molecule has 2 saturated heterocycles. The quantitative estimate of drug-likeness (QED) is 0.838. The molecule has 2 atom stereocenters. The molecule has 0 bridgehead atoms. The maximum Gasteiger partial charge on any atom is 0.107 e. The Balaban J connectivity index is 1.95. The highest BCUT2D eigenvalue weighted by molar-refractivity contribution is 4.98. The van der Waals surface area contributed by atoms with Gasteiger partial charge >= 0.3 is 0 Å². The van der Waals surface area contributed by atoms with Crippen LogP contribution in [0.3, 0.4) is 0 Å². The van der Waals surface area contributed by atoms with E-state index in [0.29, 0.717) is 11.5 Å². The topological polar surface area (TPSA) is 30.5 Å². The van der Waals surface area contributed by atoms with Gasteiger partial charge in [-0.1, -0.05) is 27.2 Å². The van der Waals surface area contributed by atoms with E-state index < -0.39 is 0 Å². The summed E-state index contributed by atoms with van der Waals surface area (Å²) in [7, 11) is 0. The Bertz CT molecular complexity index is 251. The van der Waals surface area contributed by atoms with Crippen molar-refractivity contribution < 1.29 is 9.47 Å². The lowest BCUT2D eigenvalue weighted by atomic mass is 9.78. The molecule has 0 aliphatic carbocycles. The maximum absolute atomic E-state index is 6.13. The summed E-state index contributed by atoms with van der Waals surface area (Å²) in [5.74, 6) is 0. The van der Waals surface area contributed by atoms with Crippen LogP contribution in [-0.2, 0) is 9.47 Å². The summed E-state index contributed by atoms with van der Waals surface area (Å²) in [6, 6.07) is 0.470. The van der Waals surface area contributed by atoms with E-state index in [-0.39, 0.29) is 5.60 Å². The average Bonchev–Trinajstić information content (AvgIpc) is 2.39. The van der Waals surface area contributed by atoms with Crippen LogP contribution < -0.4 is 5.32 Å². The lowest BCUT2D eigenvalue weighted by Crippen LogP contribution is -2.61. The molecular weight excluding hydrogens is 226 g/mol. The number of hydrogen-bond acceptors (Lipinski definition) is 3. The van der Waals surface area contributed by atoms with Crippen LogP contribution in [0, 0.1) is 5.41 Å². The van der Waals surface area contributed by atoms with E-state index in [2.05, 4.69) is 26.1 Å². The SMILES string of the molecule is CCC(C)(C)CCC1NCCOC12CCCOC2. The lowest BCUT2D eigenvalue weighted by Gasteiger charge is -2.47. The summed E-state index contributed by atoms with van der Waals surface area (Å²) < 4.78 is 11.8. The van der Waals surface area contributed by atoms with Gasteiger partial charge in [0.1, 0.15) is 5.60 Å². The molecule has 2 aliphatic heterocycles. The second kappa shape index (κ2) is 5.89. The molecule has 0 aromatic heterocycles. The molecule has 2 unspecified atom stereocenters. The van der Waals surface area contributed by atoms with Gasteiger partial charge in [0.05, 0.1) is 13.2 Å². The Morgan fingerprint density at radius 3 is 2.83 bits per heavy atom. The largest absolute Gasteiger partial charge is 0.378 e. The summed E-state index contributed by atoms with van der Waals surface area (Å²) in [5.41, 5.74) is 0.399. The van der Waals surface area contributed by atoms with Crippen molar-refractivity contribution in [1.29, 1.82) is 0 Å². The van der Waals surface area contributed by atoms with Gasteiger partial charge in [0.25, 0.3) is 0 Å². The molecule has 0 radical (unpaired) electrons. The van der Waals surface area contributed by atoms with E-state index in [4.69, 9.17) is 9.47 Å². The smallest absolute Gasteiger partial charge is 0.107 e. The number of nitrogens with one attached hydrogen (secondary N) is 1. The zero-order chi connectivity index (χ0) is 13.1. The fraction of sp³-hybridized carbons (Fsp3) is 1.00. The first-order valence-corrected chi connectivity index (χ1v) is 7.53. The fourth-order valence-corrected chi connectivity index (χ4v) is 3.03. The Morgan fingerprint density at radius 1 is 1.33 bits per heavy atom. The molecule has 18 heavy (non-hydrogen) atoms. The molecule has 2 aliphatic rings. The van der Waals surface area contributed by atoms with Crippen molar-refractivity contribution >= 4 is 0 Å². The highest BCUT2D eigenvalue weighted by Crippen LogP contribution is 2.34. The minimum atomic E-state index is -0.0413. The van der Waals surface area contributed by atoms with Crippen molar-refractivity contribution in [2.75, 3.05) is 26.4 Å². The van der Waals surface area contributed by atoms with Crippen LogP contribution in [0.15, 0.2) is 0 Å². The molecule has 3 heteroatoms. The van der Waals surface area contributed by atoms with E-state index in [1.807, 2.05) is 0 Å². The summed E-state index contributed by atoms with van der Waals surface area (Å²) in [5, 5.41) is 3.67. The van der Waals surface area contributed by atoms with Gasteiger partial charge in [-0.3, -0.25) is 0 Å².